The van der Waals surface area contributed by atoms with Crippen LogP contribution in [0.4, 0.5) is 17.3 Å². The van der Waals surface area contributed by atoms with Gasteiger partial charge in [-0.05, 0) is 12.8 Å². The second kappa shape index (κ2) is 5.66. The fraction of sp³-hybridized carbons (Fsp3) is 0.583. The highest BCUT2D eigenvalue weighted by Crippen LogP contribution is 2.23. The summed E-state index contributed by atoms with van der Waals surface area (Å²) in [5.74, 6) is 0.838. The molecule has 1 aliphatic rings. The second-order valence-electron chi connectivity index (χ2n) is 4.62. The van der Waals surface area contributed by atoms with Crippen LogP contribution in [0.5, 0.6) is 0 Å². The van der Waals surface area contributed by atoms with Crippen molar-refractivity contribution in [1.29, 1.82) is 0 Å². The number of aromatic nitrogens is 1. The van der Waals surface area contributed by atoms with E-state index in [-0.39, 0.29) is 11.5 Å². The zero-order chi connectivity index (χ0) is 13.0. The average Bonchev–Trinajstić information content (AvgIpc) is 2.27. The van der Waals surface area contributed by atoms with Gasteiger partial charge < -0.3 is 10.6 Å². The molecule has 1 aliphatic heterocycles. The molecule has 1 saturated heterocycles. The van der Waals surface area contributed by atoms with E-state index in [2.05, 4.69) is 9.88 Å². The van der Waals surface area contributed by atoms with Crippen molar-refractivity contribution in [3.8, 4) is 0 Å². The van der Waals surface area contributed by atoms with E-state index in [1.54, 1.807) is 0 Å². The Labute approximate surface area is 106 Å². The number of nitrogen functional groups attached to an aromatic ring is 1. The fourth-order valence-corrected chi connectivity index (χ4v) is 2.27. The van der Waals surface area contributed by atoms with Gasteiger partial charge in [0.15, 0.2) is 0 Å². The molecule has 0 atom stereocenters. The Bertz CT molecular complexity index is 428. The molecule has 0 aliphatic carbocycles. The molecule has 2 N–H and O–H groups in total. The third-order valence-corrected chi connectivity index (χ3v) is 3.21. The third kappa shape index (κ3) is 3.09. The first-order valence-electron chi connectivity index (χ1n) is 6.34. The minimum Gasteiger partial charge on any atom is -0.383 e. The van der Waals surface area contributed by atoms with Crippen LogP contribution in [0.3, 0.4) is 0 Å². The minimum absolute atomic E-state index is 0.0135. The summed E-state index contributed by atoms with van der Waals surface area (Å²) in [4.78, 5) is 16.7. The summed E-state index contributed by atoms with van der Waals surface area (Å²) in [6, 6.07) is 2.81. The summed E-state index contributed by atoms with van der Waals surface area (Å²) >= 11 is 0. The van der Waals surface area contributed by atoms with Crippen LogP contribution in [0.2, 0.25) is 0 Å². The quantitative estimate of drug-likeness (QED) is 0.643. The number of anilines is 2. The highest BCUT2D eigenvalue weighted by molar-refractivity contribution is 5.54. The Morgan fingerprint density at radius 2 is 1.78 bits per heavy atom. The molecule has 0 unspecified atom stereocenters. The lowest BCUT2D eigenvalue weighted by Crippen LogP contribution is -2.28. The number of pyridine rings is 1. The van der Waals surface area contributed by atoms with Crippen LogP contribution in [0, 0.1) is 10.1 Å². The van der Waals surface area contributed by atoms with Gasteiger partial charge in [-0.1, -0.05) is 19.3 Å². The van der Waals surface area contributed by atoms with E-state index in [0.29, 0.717) is 5.82 Å². The highest BCUT2D eigenvalue weighted by Gasteiger charge is 2.15. The highest BCUT2D eigenvalue weighted by atomic mass is 16.6. The van der Waals surface area contributed by atoms with Crippen LogP contribution in [-0.4, -0.2) is 23.0 Å². The molecule has 0 aromatic carbocycles. The van der Waals surface area contributed by atoms with Gasteiger partial charge in [-0.25, -0.2) is 4.98 Å². The molecular weight excluding hydrogens is 232 g/mol. The van der Waals surface area contributed by atoms with E-state index in [1.807, 2.05) is 0 Å². The number of nitrogens with two attached hydrogens (primary N) is 1. The van der Waals surface area contributed by atoms with E-state index in [1.165, 1.54) is 31.4 Å². The van der Waals surface area contributed by atoms with Crippen LogP contribution >= 0.6 is 0 Å². The van der Waals surface area contributed by atoms with Crippen molar-refractivity contribution < 1.29 is 4.92 Å². The summed E-state index contributed by atoms with van der Waals surface area (Å²) in [5.41, 5.74) is 5.65. The van der Waals surface area contributed by atoms with Crippen molar-refractivity contribution in [2.75, 3.05) is 23.7 Å². The third-order valence-electron chi connectivity index (χ3n) is 3.21. The summed E-state index contributed by atoms with van der Waals surface area (Å²) < 4.78 is 0. The Morgan fingerprint density at radius 3 is 2.39 bits per heavy atom. The first-order valence-corrected chi connectivity index (χ1v) is 6.34. The van der Waals surface area contributed by atoms with Crippen molar-refractivity contribution in [3.63, 3.8) is 0 Å². The molecule has 18 heavy (non-hydrogen) atoms. The second-order valence-corrected chi connectivity index (χ2v) is 4.62. The van der Waals surface area contributed by atoms with Crippen LogP contribution in [-0.2, 0) is 0 Å². The molecule has 1 aromatic rings. The van der Waals surface area contributed by atoms with Gasteiger partial charge in [0.25, 0.3) is 5.69 Å². The van der Waals surface area contributed by atoms with Crippen LogP contribution < -0.4 is 10.6 Å². The number of hydrogen-bond acceptors (Lipinski definition) is 5. The van der Waals surface area contributed by atoms with Gasteiger partial charge in [-0.15, -0.1) is 0 Å². The summed E-state index contributed by atoms with van der Waals surface area (Å²) in [6.45, 7) is 1.79. The predicted molar refractivity (Wildman–Crippen MR) is 70.6 cm³/mol. The lowest BCUT2D eigenvalue weighted by Gasteiger charge is -2.25. The Kier molecular flexibility index (Phi) is 3.96. The van der Waals surface area contributed by atoms with Gasteiger partial charge in [0.2, 0.25) is 0 Å². The number of nitro groups is 1. The topological polar surface area (TPSA) is 85.3 Å². The Morgan fingerprint density at radius 1 is 1.17 bits per heavy atom. The lowest BCUT2D eigenvalue weighted by molar-refractivity contribution is -0.384. The van der Waals surface area contributed by atoms with Gasteiger partial charge in [0.05, 0.1) is 17.1 Å². The first-order chi connectivity index (χ1) is 8.66. The molecule has 0 spiro atoms. The normalized spacial score (nSPS) is 17.0. The molecule has 6 nitrogen and oxygen atoms in total. The van der Waals surface area contributed by atoms with Gasteiger partial charge in [-0.2, -0.15) is 0 Å². The molecule has 1 aromatic heterocycles. The molecule has 0 radical (unpaired) electrons. The molecule has 2 rings (SSSR count). The fourth-order valence-electron chi connectivity index (χ4n) is 2.27. The van der Waals surface area contributed by atoms with Crippen molar-refractivity contribution in [3.05, 3.63) is 22.2 Å². The molecule has 2 heterocycles. The average molecular weight is 250 g/mol. The molecule has 1 fully saturated rings. The summed E-state index contributed by atoms with van der Waals surface area (Å²) in [5, 5.41) is 10.8. The number of hydrogen-bond donors (Lipinski definition) is 1. The maximum atomic E-state index is 10.8. The van der Waals surface area contributed by atoms with Crippen LogP contribution in [0.15, 0.2) is 12.1 Å². The van der Waals surface area contributed by atoms with Crippen LogP contribution in [0.25, 0.3) is 0 Å². The molecule has 0 saturated carbocycles. The molecule has 6 heteroatoms. The van der Waals surface area contributed by atoms with E-state index >= 15 is 0 Å². The monoisotopic (exact) mass is 250 g/mol. The van der Waals surface area contributed by atoms with Crippen molar-refractivity contribution in [1.82, 2.24) is 4.98 Å². The maximum absolute atomic E-state index is 10.8. The maximum Gasteiger partial charge on any atom is 0.276 e. The minimum atomic E-state index is -0.425. The Balaban J connectivity index is 2.22. The lowest BCUT2D eigenvalue weighted by atomic mass is 10.1. The first kappa shape index (κ1) is 12.6. The van der Waals surface area contributed by atoms with E-state index < -0.39 is 4.92 Å². The van der Waals surface area contributed by atoms with Crippen molar-refractivity contribution >= 4 is 17.3 Å². The molecule has 0 amide bonds. The van der Waals surface area contributed by atoms with Gasteiger partial charge in [-0.3, -0.25) is 10.1 Å². The van der Waals surface area contributed by atoms with E-state index in [4.69, 9.17) is 5.73 Å². The predicted octanol–water partition coefficient (Wildman–Crippen LogP) is 2.34. The van der Waals surface area contributed by atoms with Gasteiger partial charge in [0.1, 0.15) is 11.6 Å². The van der Waals surface area contributed by atoms with Crippen molar-refractivity contribution in [2.45, 2.75) is 32.1 Å². The zero-order valence-corrected chi connectivity index (χ0v) is 10.3. The van der Waals surface area contributed by atoms with Crippen LogP contribution in [0.1, 0.15) is 32.1 Å². The Hall–Kier alpha value is -1.85. The number of nitrogens with zero attached hydrogens (tertiary/aromatic N) is 3. The van der Waals surface area contributed by atoms with Gasteiger partial charge in [0, 0.05) is 13.1 Å². The molecular formula is C12H18N4O2. The number of rotatable bonds is 2. The largest absolute Gasteiger partial charge is 0.383 e. The molecule has 0 bridgehead atoms. The van der Waals surface area contributed by atoms with E-state index in [0.717, 1.165) is 25.9 Å². The summed E-state index contributed by atoms with van der Waals surface area (Å²) in [7, 11) is 0. The summed E-state index contributed by atoms with van der Waals surface area (Å²) in [6.07, 6.45) is 5.90. The zero-order valence-electron chi connectivity index (χ0n) is 10.3. The smallest absolute Gasteiger partial charge is 0.276 e. The van der Waals surface area contributed by atoms with E-state index in [9.17, 15) is 10.1 Å². The van der Waals surface area contributed by atoms with Gasteiger partial charge >= 0.3 is 0 Å². The SMILES string of the molecule is Nc1cc([N+](=O)[O-])cc(N2CCCCCCC2)n1. The molecule has 98 valence electrons. The standard InChI is InChI=1S/C12H18N4O2/c13-11-8-10(16(17)18)9-12(14-11)15-6-4-2-1-3-5-7-15/h8-9H,1-7H2,(H2,13,14). The van der Waals surface area contributed by atoms with Crippen molar-refractivity contribution in [2.24, 2.45) is 0 Å².